The summed E-state index contributed by atoms with van der Waals surface area (Å²) in [6.45, 7) is 8.94. The Balaban J connectivity index is 0.000000196. The van der Waals surface area contributed by atoms with Crippen molar-refractivity contribution in [3.8, 4) is 44.5 Å². The van der Waals surface area contributed by atoms with Gasteiger partial charge >= 0.3 is 41.9 Å². The van der Waals surface area contributed by atoms with Gasteiger partial charge < -0.3 is 24.8 Å². The Kier molecular flexibility index (Phi) is 14.4. The molecule has 0 nitrogen and oxygen atoms in total. The van der Waals surface area contributed by atoms with Crippen LogP contribution in [0.15, 0.2) is 170 Å². The van der Waals surface area contributed by atoms with Crippen molar-refractivity contribution in [1.82, 2.24) is 0 Å². The fraction of sp³-hybridized carbons (Fsp3) is 0.0870. The standard InChI is InChI=1S/2C22H17.C2H6Si.2ClH.Zr/c2*1-16-12-20-14-19(17-8-4-2-5-9-17)15-22(21(20)13-16)18-10-6-3-7-11-18;1-3-2;;;/h2*2-15H,1H3;1-2H3;2*1H;/q2*-1;;;;+2/p-2. The van der Waals surface area contributed by atoms with Gasteiger partial charge in [0.1, 0.15) is 0 Å². The normalized spacial score (nSPS) is 10.2. The minimum atomic E-state index is 0. The number of hydrogen-bond donors (Lipinski definition) is 0. The molecule has 8 aromatic rings. The molecule has 0 saturated carbocycles. The largest absolute Gasteiger partial charge is 1.00 e. The van der Waals surface area contributed by atoms with Crippen molar-refractivity contribution in [3.63, 3.8) is 0 Å². The molecule has 0 N–H and O–H groups in total. The van der Waals surface area contributed by atoms with Crippen LogP contribution >= 0.6 is 0 Å². The van der Waals surface area contributed by atoms with Gasteiger partial charge in [-0.3, -0.25) is 0 Å². The SMILES string of the molecule is C[Si](C)=[Zr+2].Cc1cc2c(-c3ccccc3)cc(-c3ccccc3)cc2[cH-]1.Cc1cc2c(-c3ccccc3)cc(-c3ccccc3)cc2[cH-]1.[Cl-].[Cl-]. The molecule has 8 rings (SSSR count). The summed E-state index contributed by atoms with van der Waals surface area (Å²) in [4.78, 5) is 0. The number of halogens is 2. The Labute approximate surface area is 325 Å². The molecule has 0 aliphatic carbocycles. The van der Waals surface area contributed by atoms with E-state index in [9.17, 15) is 0 Å². The Morgan fingerprint density at radius 1 is 0.400 bits per heavy atom. The summed E-state index contributed by atoms with van der Waals surface area (Å²) in [5.41, 5.74) is 13.1. The van der Waals surface area contributed by atoms with Crippen LogP contribution in [0.4, 0.5) is 0 Å². The predicted molar refractivity (Wildman–Crippen MR) is 208 cm³/mol. The second-order valence-electron chi connectivity index (χ2n) is 12.6. The van der Waals surface area contributed by atoms with E-state index in [1.165, 1.54) is 77.2 Å². The van der Waals surface area contributed by atoms with E-state index < -0.39 is 0 Å². The summed E-state index contributed by atoms with van der Waals surface area (Å²) >= 11 is 1.74. The number of aryl methyl sites for hydroxylation is 2. The van der Waals surface area contributed by atoms with Crippen molar-refractivity contribution in [1.29, 1.82) is 0 Å². The fourth-order valence-electron chi connectivity index (χ4n) is 6.25. The molecular weight excluding hydrogens is 743 g/mol. The molecule has 50 heavy (non-hydrogen) atoms. The van der Waals surface area contributed by atoms with Gasteiger partial charge in [0.25, 0.3) is 0 Å². The molecule has 0 fully saturated rings. The predicted octanol–water partition coefficient (Wildman–Crippen LogP) is 7.19. The molecule has 0 aliphatic rings. The molecule has 248 valence electrons. The second kappa shape index (κ2) is 18.5. The zero-order chi connectivity index (χ0) is 33.5. The van der Waals surface area contributed by atoms with E-state index in [-0.39, 0.29) is 30.2 Å². The summed E-state index contributed by atoms with van der Waals surface area (Å²) in [7, 11) is 0. The van der Waals surface area contributed by atoms with Gasteiger partial charge in [-0.25, -0.2) is 0 Å². The summed E-state index contributed by atoms with van der Waals surface area (Å²) in [5, 5.41) is 5.31. The number of hydrogen-bond acceptors (Lipinski definition) is 0. The molecule has 0 spiro atoms. The minimum Gasteiger partial charge on any atom is -1.00 e. The van der Waals surface area contributed by atoms with E-state index in [1.807, 2.05) is 0 Å². The molecule has 0 saturated heterocycles. The summed E-state index contributed by atoms with van der Waals surface area (Å²) < 4.78 is 0. The van der Waals surface area contributed by atoms with Crippen molar-refractivity contribution in [2.24, 2.45) is 0 Å². The van der Waals surface area contributed by atoms with Gasteiger partial charge in [-0.15, -0.1) is 56.9 Å². The van der Waals surface area contributed by atoms with E-state index in [0.717, 1.165) is 0 Å². The van der Waals surface area contributed by atoms with Crippen LogP contribution < -0.4 is 24.8 Å². The zero-order valence-electron chi connectivity index (χ0n) is 28.9. The molecule has 0 heterocycles. The summed E-state index contributed by atoms with van der Waals surface area (Å²) in [6.07, 6.45) is 0. The van der Waals surface area contributed by atoms with Crippen molar-refractivity contribution in [2.75, 3.05) is 0 Å². The van der Waals surface area contributed by atoms with Crippen LogP contribution in [0, 0.1) is 13.8 Å². The van der Waals surface area contributed by atoms with Gasteiger partial charge in [-0.1, -0.05) is 170 Å². The van der Waals surface area contributed by atoms with Gasteiger partial charge in [0.05, 0.1) is 0 Å². The smallest absolute Gasteiger partial charge is 0.0277 e. The van der Waals surface area contributed by atoms with E-state index in [2.05, 4.69) is 197 Å². The minimum absolute atomic E-state index is 0. The molecule has 0 atom stereocenters. The van der Waals surface area contributed by atoms with E-state index in [0.29, 0.717) is 0 Å². The first-order valence-electron chi connectivity index (χ1n) is 16.5. The molecule has 0 radical (unpaired) electrons. The Bertz CT molecular complexity index is 2110. The molecule has 0 amide bonds. The van der Waals surface area contributed by atoms with Crippen molar-refractivity contribution >= 4 is 27.0 Å². The van der Waals surface area contributed by atoms with Crippen LogP contribution in [0.2, 0.25) is 13.1 Å². The quantitative estimate of drug-likeness (QED) is 0.131. The molecule has 8 aromatic carbocycles. The molecule has 0 aliphatic heterocycles. The Morgan fingerprint density at radius 3 is 0.980 bits per heavy atom. The first kappa shape index (κ1) is 39.0. The maximum absolute atomic E-state index is 2.31. The van der Waals surface area contributed by atoms with Crippen LogP contribution in [-0.2, 0) is 23.3 Å². The van der Waals surface area contributed by atoms with Crippen LogP contribution in [0.1, 0.15) is 11.1 Å². The van der Waals surface area contributed by atoms with Gasteiger partial charge in [0.15, 0.2) is 0 Å². The average molecular weight is 783 g/mol. The Hall–Kier alpha value is -3.78. The van der Waals surface area contributed by atoms with Crippen molar-refractivity contribution < 1.29 is 48.1 Å². The average Bonchev–Trinajstić information content (AvgIpc) is 3.69. The monoisotopic (exact) mass is 780 g/mol. The third-order valence-corrected chi connectivity index (χ3v) is 8.32. The fourth-order valence-corrected chi connectivity index (χ4v) is 6.25. The zero-order valence-corrected chi connectivity index (χ0v) is 33.9. The van der Waals surface area contributed by atoms with Crippen LogP contribution in [-0.4, -0.2) is 5.43 Å². The van der Waals surface area contributed by atoms with E-state index in [1.54, 1.807) is 23.3 Å². The summed E-state index contributed by atoms with van der Waals surface area (Å²) in [5.74, 6) is 0. The first-order valence-corrected chi connectivity index (χ1v) is 22.7. The molecule has 0 bridgehead atoms. The second-order valence-corrected chi connectivity index (χ2v) is 22.0. The van der Waals surface area contributed by atoms with Gasteiger partial charge in [-0.2, -0.15) is 12.1 Å². The van der Waals surface area contributed by atoms with Gasteiger partial charge in [0, 0.05) is 0 Å². The molecule has 0 unspecified atom stereocenters. The Morgan fingerprint density at radius 2 is 0.680 bits per heavy atom. The van der Waals surface area contributed by atoms with E-state index in [4.69, 9.17) is 0 Å². The maximum Gasteiger partial charge on any atom is -0.0277 e. The number of rotatable bonds is 4. The van der Waals surface area contributed by atoms with Gasteiger partial charge in [-0.05, 0) is 22.3 Å². The third-order valence-electron chi connectivity index (χ3n) is 8.32. The maximum atomic E-state index is 2.31. The van der Waals surface area contributed by atoms with Crippen LogP contribution in [0.5, 0.6) is 0 Å². The molecule has 0 aromatic heterocycles. The number of benzene rings is 6. The topological polar surface area (TPSA) is 0 Å². The third kappa shape index (κ3) is 9.71. The summed E-state index contributed by atoms with van der Waals surface area (Å²) in [6, 6.07) is 60.8. The van der Waals surface area contributed by atoms with Gasteiger partial charge in [0.2, 0.25) is 0 Å². The van der Waals surface area contributed by atoms with Crippen LogP contribution in [0.25, 0.3) is 66.1 Å². The van der Waals surface area contributed by atoms with Crippen LogP contribution in [0.3, 0.4) is 0 Å². The first-order chi connectivity index (χ1) is 23.4. The van der Waals surface area contributed by atoms with Crippen molar-refractivity contribution in [3.05, 3.63) is 181 Å². The van der Waals surface area contributed by atoms with E-state index >= 15 is 0 Å². The number of fused-ring (bicyclic) bond motifs is 2. The molecular formula is C46H40Cl2SiZr-2. The van der Waals surface area contributed by atoms with Crippen molar-refractivity contribution in [2.45, 2.75) is 26.9 Å². The molecule has 4 heteroatoms.